The van der Waals surface area contributed by atoms with Crippen LogP contribution in [0.5, 0.6) is 0 Å². The maximum Gasteiger partial charge on any atom is 0.341 e. The normalized spacial score (nSPS) is 22.6. The average molecular weight is 394 g/mol. The number of carboxylic acids is 1. The van der Waals surface area contributed by atoms with E-state index in [0.717, 1.165) is 18.9 Å². The van der Waals surface area contributed by atoms with E-state index in [-0.39, 0.29) is 33.6 Å². The fourth-order valence-electron chi connectivity index (χ4n) is 4.04. The number of benzene rings is 1. The predicted octanol–water partition coefficient (Wildman–Crippen LogP) is 2.86. The Kier molecular flexibility index (Phi) is 4.39. The van der Waals surface area contributed by atoms with E-state index in [1.807, 2.05) is 4.90 Å². The molecular weight excluding hydrogens is 373 g/mol. The molecule has 1 aliphatic heterocycles. The molecule has 0 bridgehead atoms. The fourth-order valence-corrected chi connectivity index (χ4v) is 4.45. The van der Waals surface area contributed by atoms with Gasteiger partial charge in [-0.25, -0.2) is 9.18 Å². The van der Waals surface area contributed by atoms with E-state index in [1.165, 1.54) is 6.20 Å². The van der Waals surface area contributed by atoms with Crippen LogP contribution in [-0.2, 0) is 0 Å². The zero-order valence-electron chi connectivity index (χ0n) is 14.9. The Morgan fingerprint density at radius 1 is 1.41 bits per heavy atom. The first-order valence-electron chi connectivity index (χ1n) is 9.08. The number of carbonyl (C=O) groups is 1. The van der Waals surface area contributed by atoms with Crippen LogP contribution in [-0.4, -0.2) is 35.3 Å². The van der Waals surface area contributed by atoms with Crippen molar-refractivity contribution < 1.29 is 14.3 Å². The maximum atomic E-state index is 15.0. The van der Waals surface area contributed by atoms with Crippen LogP contribution in [0.1, 0.15) is 36.2 Å². The van der Waals surface area contributed by atoms with Crippen LogP contribution in [0.3, 0.4) is 0 Å². The van der Waals surface area contributed by atoms with Gasteiger partial charge in [0.1, 0.15) is 11.4 Å². The highest BCUT2D eigenvalue weighted by Gasteiger charge is 2.34. The molecule has 2 aromatic rings. The predicted molar refractivity (Wildman–Crippen MR) is 102 cm³/mol. The molecule has 8 heteroatoms. The minimum absolute atomic E-state index is 0.00988. The summed E-state index contributed by atoms with van der Waals surface area (Å²) in [7, 11) is 0. The van der Waals surface area contributed by atoms with E-state index in [9.17, 15) is 19.1 Å². The minimum atomic E-state index is -1.32. The standard InChI is InChI=1S/C19H21ClFN3O3/c1-9-6-23(7-10(9)5-22)17-14(21)4-12-16(15(17)20)24(11-2-3-11)8-13(18(12)25)19(26)27/h4,8-11H,2-3,5-7,22H2,1H3,(H,26,27). The van der Waals surface area contributed by atoms with Crippen molar-refractivity contribution in [3.8, 4) is 0 Å². The summed E-state index contributed by atoms with van der Waals surface area (Å²) < 4.78 is 16.7. The smallest absolute Gasteiger partial charge is 0.341 e. The van der Waals surface area contributed by atoms with E-state index in [0.29, 0.717) is 31.1 Å². The van der Waals surface area contributed by atoms with Gasteiger partial charge in [0.2, 0.25) is 5.43 Å². The molecule has 0 amide bonds. The number of pyridine rings is 1. The summed E-state index contributed by atoms with van der Waals surface area (Å²) in [6.45, 7) is 3.81. The van der Waals surface area contributed by atoms with Crippen molar-refractivity contribution >= 4 is 34.2 Å². The molecule has 2 fully saturated rings. The van der Waals surface area contributed by atoms with E-state index >= 15 is 0 Å². The van der Waals surface area contributed by atoms with Gasteiger partial charge in [-0.2, -0.15) is 0 Å². The van der Waals surface area contributed by atoms with Crippen molar-refractivity contribution in [1.29, 1.82) is 0 Å². The van der Waals surface area contributed by atoms with Gasteiger partial charge in [-0.3, -0.25) is 4.79 Å². The van der Waals surface area contributed by atoms with Gasteiger partial charge in [0.05, 0.1) is 21.6 Å². The largest absolute Gasteiger partial charge is 0.477 e. The van der Waals surface area contributed by atoms with Crippen molar-refractivity contribution in [1.82, 2.24) is 4.57 Å². The van der Waals surface area contributed by atoms with Crippen molar-refractivity contribution in [2.24, 2.45) is 17.6 Å². The number of halogens is 2. The number of hydrogen-bond acceptors (Lipinski definition) is 4. The molecule has 0 radical (unpaired) electrons. The first-order chi connectivity index (χ1) is 12.8. The molecular formula is C19H21ClFN3O3. The molecule has 2 atom stereocenters. The molecule has 1 aromatic heterocycles. The second kappa shape index (κ2) is 6.49. The van der Waals surface area contributed by atoms with Crippen LogP contribution in [0.15, 0.2) is 17.1 Å². The van der Waals surface area contributed by atoms with Crippen LogP contribution >= 0.6 is 11.6 Å². The third-order valence-corrected chi connectivity index (χ3v) is 6.10. The Bertz CT molecular complexity index is 1000. The third-order valence-electron chi connectivity index (χ3n) is 5.74. The summed E-state index contributed by atoms with van der Waals surface area (Å²) in [5, 5.41) is 9.52. The topological polar surface area (TPSA) is 88.6 Å². The molecule has 1 saturated heterocycles. The van der Waals surface area contributed by atoms with Crippen LogP contribution in [0.4, 0.5) is 10.1 Å². The molecule has 4 rings (SSSR count). The summed E-state index contributed by atoms with van der Waals surface area (Å²) in [6, 6.07) is 1.21. The molecule has 2 aliphatic rings. The lowest BCUT2D eigenvalue weighted by Gasteiger charge is -2.23. The van der Waals surface area contributed by atoms with E-state index in [1.54, 1.807) is 4.57 Å². The Hall–Kier alpha value is -2.12. The van der Waals surface area contributed by atoms with Crippen LogP contribution < -0.4 is 16.1 Å². The summed E-state index contributed by atoms with van der Waals surface area (Å²) >= 11 is 6.63. The van der Waals surface area contributed by atoms with Crippen LogP contribution in [0, 0.1) is 17.7 Å². The fraction of sp³-hybridized carbons (Fsp3) is 0.474. The third kappa shape index (κ3) is 2.89. The summed E-state index contributed by atoms with van der Waals surface area (Å²) in [6.07, 6.45) is 3.08. The maximum absolute atomic E-state index is 15.0. The number of anilines is 1. The van der Waals surface area contributed by atoms with Gasteiger partial charge in [-0.15, -0.1) is 0 Å². The molecule has 1 aromatic carbocycles. The summed E-state index contributed by atoms with van der Waals surface area (Å²) in [4.78, 5) is 25.9. The number of hydrogen-bond donors (Lipinski definition) is 2. The Morgan fingerprint density at radius 3 is 2.67 bits per heavy atom. The zero-order valence-corrected chi connectivity index (χ0v) is 15.7. The second-order valence-electron chi connectivity index (χ2n) is 7.61. The van der Waals surface area contributed by atoms with Gasteiger partial charge >= 0.3 is 5.97 Å². The number of nitrogens with zero attached hydrogens (tertiary/aromatic N) is 2. The van der Waals surface area contributed by atoms with Gasteiger partial charge in [0, 0.05) is 25.3 Å². The van der Waals surface area contributed by atoms with E-state index < -0.39 is 17.2 Å². The molecule has 1 aliphatic carbocycles. The highest BCUT2D eigenvalue weighted by Crippen LogP contribution is 2.43. The SMILES string of the molecule is CC1CN(c2c(F)cc3c(=O)c(C(=O)O)cn(C4CC4)c3c2Cl)CC1CN. The number of carboxylic acid groups (broad SMARTS) is 1. The van der Waals surface area contributed by atoms with Gasteiger partial charge in [0.15, 0.2) is 0 Å². The number of rotatable bonds is 4. The molecule has 1 saturated carbocycles. The lowest BCUT2D eigenvalue weighted by Crippen LogP contribution is -2.25. The average Bonchev–Trinajstić information content (AvgIpc) is 3.38. The minimum Gasteiger partial charge on any atom is -0.477 e. The van der Waals surface area contributed by atoms with E-state index in [4.69, 9.17) is 17.3 Å². The summed E-state index contributed by atoms with van der Waals surface area (Å²) in [5.41, 5.74) is 5.42. The van der Waals surface area contributed by atoms with Crippen LogP contribution in [0.2, 0.25) is 5.02 Å². The lowest BCUT2D eigenvalue weighted by molar-refractivity contribution is 0.0695. The molecule has 2 unspecified atom stereocenters. The van der Waals surface area contributed by atoms with Crippen LogP contribution in [0.25, 0.3) is 10.9 Å². The van der Waals surface area contributed by atoms with Gasteiger partial charge < -0.3 is 20.3 Å². The van der Waals surface area contributed by atoms with E-state index in [2.05, 4.69) is 6.92 Å². The Labute approximate surface area is 160 Å². The lowest BCUT2D eigenvalue weighted by atomic mass is 9.99. The first kappa shape index (κ1) is 18.3. The molecule has 6 nitrogen and oxygen atoms in total. The number of aromatic carboxylic acids is 1. The molecule has 144 valence electrons. The number of aromatic nitrogens is 1. The highest BCUT2D eigenvalue weighted by molar-refractivity contribution is 6.38. The number of nitrogens with two attached hydrogens (primary N) is 1. The Balaban J connectivity index is 1.96. The molecule has 0 spiro atoms. The van der Waals surface area contributed by atoms with Crippen molar-refractivity contribution in [3.63, 3.8) is 0 Å². The van der Waals surface area contributed by atoms with Gasteiger partial charge in [-0.1, -0.05) is 18.5 Å². The number of fused-ring (bicyclic) bond motifs is 1. The summed E-state index contributed by atoms with van der Waals surface area (Å²) in [5.74, 6) is -1.38. The second-order valence-corrected chi connectivity index (χ2v) is 7.99. The Morgan fingerprint density at radius 2 is 2.11 bits per heavy atom. The molecule has 27 heavy (non-hydrogen) atoms. The molecule has 2 heterocycles. The zero-order chi connectivity index (χ0) is 19.5. The van der Waals surface area contributed by atoms with Crippen molar-refractivity contribution in [2.45, 2.75) is 25.8 Å². The van der Waals surface area contributed by atoms with Crippen molar-refractivity contribution in [3.05, 3.63) is 38.9 Å². The van der Waals surface area contributed by atoms with Crippen molar-refractivity contribution in [2.75, 3.05) is 24.5 Å². The van der Waals surface area contributed by atoms with Gasteiger partial charge in [-0.05, 0) is 37.3 Å². The van der Waals surface area contributed by atoms with Gasteiger partial charge in [0.25, 0.3) is 0 Å². The highest BCUT2D eigenvalue weighted by atomic mass is 35.5. The quantitative estimate of drug-likeness (QED) is 0.833. The molecule has 3 N–H and O–H groups in total. The monoisotopic (exact) mass is 393 g/mol. The first-order valence-corrected chi connectivity index (χ1v) is 9.46.